The number of carbonyl (C=O) groups excluding carboxylic acids is 1. The number of benzene rings is 1. The van der Waals surface area contributed by atoms with Crippen molar-refractivity contribution >= 4 is 55.4 Å². The molecule has 3 aromatic rings. The first-order valence-corrected chi connectivity index (χ1v) is 13.7. The molecule has 166 valence electrons. The van der Waals surface area contributed by atoms with Gasteiger partial charge < -0.3 is 10.1 Å². The van der Waals surface area contributed by atoms with Gasteiger partial charge in [-0.05, 0) is 36.2 Å². The van der Waals surface area contributed by atoms with Gasteiger partial charge in [-0.3, -0.25) is 4.79 Å². The van der Waals surface area contributed by atoms with Crippen LogP contribution >= 0.6 is 34.4 Å². The van der Waals surface area contributed by atoms with E-state index in [-0.39, 0.29) is 11.5 Å². The van der Waals surface area contributed by atoms with Gasteiger partial charge in [0.25, 0.3) is 0 Å². The summed E-state index contributed by atoms with van der Waals surface area (Å²) >= 11 is 4.15. The van der Waals surface area contributed by atoms with Gasteiger partial charge in [0, 0.05) is 18.0 Å². The van der Waals surface area contributed by atoms with Crippen LogP contribution in [-0.4, -0.2) is 50.1 Å². The molecule has 31 heavy (non-hydrogen) atoms. The number of nitrogens with zero attached hydrogens (tertiary/aromatic N) is 2. The van der Waals surface area contributed by atoms with Gasteiger partial charge in [-0.15, -0.1) is 21.5 Å². The lowest BCUT2D eigenvalue weighted by Crippen LogP contribution is -2.23. The molecule has 8 nitrogen and oxygen atoms in total. The zero-order valence-corrected chi connectivity index (χ0v) is 20.2. The van der Waals surface area contributed by atoms with Gasteiger partial charge in [-0.25, -0.2) is 13.1 Å². The minimum absolute atomic E-state index is 0.0141. The quantitative estimate of drug-likeness (QED) is 0.289. The summed E-state index contributed by atoms with van der Waals surface area (Å²) in [6, 6.07) is 11.4. The van der Waals surface area contributed by atoms with E-state index in [4.69, 9.17) is 4.74 Å². The molecule has 0 atom stereocenters. The second-order valence-corrected chi connectivity index (χ2v) is 11.7. The van der Waals surface area contributed by atoms with Gasteiger partial charge in [0.15, 0.2) is 10.1 Å². The maximum absolute atomic E-state index is 12.4. The van der Waals surface area contributed by atoms with Gasteiger partial charge in [0.05, 0.1) is 24.0 Å². The average molecular weight is 499 g/mol. The Labute approximate surface area is 193 Å². The van der Waals surface area contributed by atoms with Crippen LogP contribution in [0.5, 0.6) is 5.75 Å². The summed E-state index contributed by atoms with van der Waals surface area (Å²) in [6.07, 6.45) is 1.68. The number of anilines is 1. The van der Waals surface area contributed by atoms with Crippen LogP contribution in [0.1, 0.15) is 20.1 Å². The number of sulfonamides is 1. The molecule has 1 aromatic carbocycles. The Balaban J connectivity index is 1.44. The summed E-state index contributed by atoms with van der Waals surface area (Å²) in [5.74, 6) is 1.10. The van der Waals surface area contributed by atoms with Crippen LogP contribution in [0.15, 0.2) is 40.7 Å². The van der Waals surface area contributed by atoms with E-state index in [0.29, 0.717) is 29.5 Å². The lowest BCUT2D eigenvalue weighted by molar-refractivity contribution is 0.102. The van der Waals surface area contributed by atoms with Crippen molar-refractivity contribution < 1.29 is 17.9 Å². The van der Waals surface area contributed by atoms with Crippen molar-refractivity contribution in [1.29, 1.82) is 0 Å². The van der Waals surface area contributed by atoms with Crippen LogP contribution < -0.4 is 14.8 Å². The SMILES string of the molecule is COc1ccc(CNc2nnc(SCC(=O)c3ccc(CCNS(C)(=O)=O)s3)s2)cc1. The fourth-order valence-corrected chi connectivity index (χ4v) is 5.62. The molecule has 2 N–H and O–H groups in total. The van der Waals surface area contributed by atoms with Crippen LogP contribution in [0.25, 0.3) is 0 Å². The summed E-state index contributed by atoms with van der Waals surface area (Å²) in [7, 11) is -1.57. The van der Waals surface area contributed by atoms with Gasteiger partial charge in [-0.2, -0.15) is 0 Å². The van der Waals surface area contributed by atoms with E-state index in [0.717, 1.165) is 26.8 Å². The molecular weight excluding hydrogens is 477 g/mol. The first-order chi connectivity index (χ1) is 14.8. The molecule has 3 rings (SSSR count). The molecule has 0 saturated heterocycles. The van der Waals surface area contributed by atoms with Crippen LogP contribution in [0.4, 0.5) is 5.13 Å². The van der Waals surface area contributed by atoms with E-state index < -0.39 is 10.0 Å². The molecule has 0 unspecified atom stereocenters. The maximum Gasteiger partial charge on any atom is 0.208 e. The molecule has 0 amide bonds. The van der Waals surface area contributed by atoms with Gasteiger partial charge >= 0.3 is 0 Å². The molecule has 0 radical (unpaired) electrons. The van der Waals surface area contributed by atoms with E-state index >= 15 is 0 Å². The molecule has 0 spiro atoms. The lowest BCUT2D eigenvalue weighted by Gasteiger charge is -2.03. The van der Waals surface area contributed by atoms with Crippen molar-refractivity contribution in [3.63, 3.8) is 0 Å². The summed E-state index contributed by atoms with van der Waals surface area (Å²) in [6.45, 7) is 0.938. The van der Waals surface area contributed by atoms with Crippen LogP contribution in [-0.2, 0) is 23.0 Å². The predicted octanol–water partition coefficient (Wildman–Crippen LogP) is 3.29. The number of rotatable bonds is 12. The highest BCUT2D eigenvalue weighted by Crippen LogP contribution is 2.27. The second kappa shape index (κ2) is 11.0. The van der Waals surface area contributed by atoms with Crippen molar-refractivity contribution in [1.82, 2.24) is 14.9 Å². The molecular formula is C19H22N4O4S4. The lowest BCUT2D eigenvalue weighted by atomic mass is 10.2. The zero-order chi connectivity index (χ0) is 22.3. The number of aromatic nitrogens is 2. The first kappa shape index (κ1) is 23.7. The largest absolute Gasteiger partial charge is 0.497 e. The molecule has 0 aliphatic carbocycles. The molecule has 2 aromatic heterocycles. The normalized spacial score (nSPS) is 11.4. The molecule has 0 fully saturated rings. The molecule has 0 aliphatic rings. The van der Waals surface area contributed by atoms with Gasteiger partial charge in [-0.1, -0.05) is 35.2 Å². The summed E-state index contributed by atoms with van der Waals surface area (Å²) in [5, 5.41) is 12.2. The monoisotopic (exact) mass is 498 g/mol. The molecule has 2 heterocycles. The Morgan fingerprint density at radius 2 is 1.90 bits per heavy atom. The van der Waals surface area contributed by atoms with Crippen molar-refractivity contribution in [2.75, 3.05) is 31.0 Å². The maximum atomic E-state index is 12.4. The Morgan fingerprint density at radius 3 is 2.61 bits per heavy atom. The number of nitrogens with one attached hydrogen (secondary N) is 2. The first-order valence-electron chi connectivity index (χ1n) is 9.22. The smallest absolute Gasteiger partial charge is 0.208 e. The number of hydrogen-bond donors (Lipinski definition) is 2. The fourth-order valence-electron chi connectivity index (χ4n) is 2.48. The number of ketones is 1. The Morgan fingerprint density at radius 1 is 1.13 bits per heavy atom. The number of ether oxygens (including phenoxy) is 1. The van der Waals surface area contributed by atoms with Gasteiger partial charge in [0.1, 0.15) is 5.75 Å². The van der Waals surface area contributed by atoms with Crippen LogP contribution in [0.2, 0.25) is 0 Å². The van der Waals surface area contributed by atoms with Gasteiger partial charge in [0.2, 0.25) is 15.2 Å². The number of hydrogen-bond acceptors (Lipinski definition) is 10. The third-order valence-electron chi connectivity index (χ3n) is 4.01. The van der Waals surface area contributed by atoms with Crippen molar-refractivity contribution in [2.24, 2.45) is 0 Å². The Kier molecular flexibility index (Phi) is 8.43. The van der Waals surface area contributed by atoms with Crippen LogP contribution in [0.3, 0.4) is 0 Å². The topological polar surface area (TPSA) is 110 Å². The number of Topliss-reactive ketones (excluding diaryl/α,β-unsaturated/α-hetero) is 1. The Bertz CT molecular complexity index is 1110. The molecule has 0 saturated carbocycles. The molecule has 0 aliphatic heterocycles. The summed E-state index contributed by atoms with van der Waals surface area (Å²) in [4.78, 5) is 14.1. The predicted molar refractivity (Wildman–Crippen MR) is 126 cm³/mol. The number of thiophene rings is 1. The summed E-state index contributed by atoms with van der Waals surface area (Å²) in [5.41, 5.74) is 1.10. The van der Waals surface area contributed by atoms with E-state index in [1.54, 1.807) is 13.2 Å². The number of thioether (sulfide) groups is 1. The van der Waals surface area contributed by atoms with Crippen molar-refractivity contribution in [2.45, 2.75) is 17.3 Å². The van der Waals surface area contributed by atoms with Crippen LogP contribution in [0, 0.1) is 0 Å². The third kappa shape index (κ3) is 7.89. The summed E-state index contributed by atoms with van der Waals surface area (Å²) < 4.78 is 30.5. The fraction of sp³-hybridized carbons (Fsp3) is 0.316. The third-order valence-corrected chi connectivity index (χ3v) is 7.94. The van der Waals surface area contributed by atoms with Crippen molar-refractivity contribution in [3.8, 4) is 5.75 Å². The minimum Gasteiger partial charge on any atom is -0.497 e. The highest BCUT2D eigenvalue weighted by Gasteiger charge is 2.13. The number of methoxy groups -OCH3 is 1. The highest BCUT2D eigenvalue weighted by molar-refractivity contribution is 8.01. The standard InChI is InChI=1S/C19H22N4O4S4/c1-27-14-5-3-13(4-6-14)11-20-18-22-23-19(30-18)28-12-16(24)17-8-7-15(29-17)9-10-21-31(2,25)26/h3-8,21H,9-12H2,1-2H3,(H,20,22). The molecule has 0 bridgehead atoms. The Hall–Kier alpha value is -1.99. The van der Waals surface area contributed by atoms with E-state index in [2.05, 4.69) is 20.2 Å². The molecule has 12 heteroatoms. The minimum atomic E-state index is -3.20. The second-order valence-electron chi connectivity index (χ2n) is 6.47. The van der Waals surface area contributed by atoms with Crippen molar-refractivity contribution in [3.05, 3.63) is 51.7 Å². The van der Waals surface area contributed by atoms with E-state index in [1.807, 2.05) is 30.3 Å². The zero-order valence-electron chi connectivity index (χ0n) is 17.0. The van der Waals surface area contributed by atoms with E-state index in [1.165, 1.54) is 34.4 Å². The average Bonchev–Trinajstić information content (AvgIpc) is 3.39. The van der Waals surface area contributed by atoms with E-state index in [9.17, 15) is 13.2 Å². The highest BCUT2D eigenvalue weighted by atomic mass is 32.2. The number of carbonyl (C=O) groups is 1.